The highest BCUT2D eigenvalue weighted by Gasteiger charge is 2.40. The summed E-state index contributed by atoms with van der Waals surface area (Å²) in [5, 5.41) is 3.33. The molecule has 0 amide bonds. The number of hydrogen-bond donors (Lipinski definition) is 1. The van der Waals surface area contributed by atoms with E-state index in [1.165, 1.54) is 5.56 Å². The van der Waals surface area contributed by atoms with E-state index in [9.17, 15) is 4.79 Å². The van der Waals surface area contributed by atoms with Crippen LogP contribution < -0.4 is 5.32 Å². The maximum atomic E-state index is 12.3. The molecular weight excluding hydrogens is 262 g/mol. The van der Waals surface area contributed by atoms with E-state index in [1.54, 1.807) is 0 Å². The third-order valence-electron chi connectivity index (χ3n) is 3.57. The SMILES string of the molecule is CCOC(=O)C1(Cc2ccccc2)CCCNC1.Cl. The van der Waals surface area contributed by atoms with E-state index in [2.05, 4.69) is 17.4 Å². The minimum absolute atomic E-state index is 0. The number of rotatable bonds is 4. The first-order chi connectivity index (χ1) is 8.77. The number of piperidine rings is 1. The quantitative estimate of drug-likeness (QED) is 0.863. The Morgan fingerprint density at radius 1 is 1.37 bits per heavy atom. The van der Waals surface area contributed by atoms with Crippen LogP contribution in [0, 0.1) is 5.41 Å². The Hall–Kier alpha value is -1.06. The number of carbonyl (C=O) groups is 1. The molecule has 1 saturated heterocycles. The summed E-state index contributed by atoms with van der Waals surface area (Å²) < 4.78 is 5.28. The molecule has 0 spiro atoms. The monoisotopic (exact) mass is 283 g/mol. The van der Waals surface area contributed by atoms with Gasteiger partial charge >= 0.3 is 5.97 Å². The fraction of sp³-hybridized carbons (Fsp3) is 0.533. The van der Waals surface area contributed by atoms with E-state index in [0.29, 0.717) is 6.61 Å². The third-order valence-corrected chi connectivity index (χ3v) is 3.57. The Bertz CT molecular complexity index is 388. The van der Waals surface area contributed by atoms with Crippen LogP contribution in [0.2, 0.25) is 0 Å². The first-order valence-electron chi connectivity index (χ1n) is 6.69. The fourth-order valence-electron chi connectivity index (χ4n) is 2.64. The Balaban J connectivity index is 0.00000180. The third kappa shape index (κ3) is 3.95. The van der Waals surface area contributed by atoms with Gasteiger partial charge in [0.2, 0.25) is 0 Å². The Labute approximate surface area is 121 Å². The summed E-state index contributed by atoms with van der Waals surface area (Å²) in [6.45, 7) is 4.04. The predicted molar refractivity (Wildman–Crippen MR) is 78.6 cm³/mol. The van der Waals surface area contributed by atoms with Crippen molar-refractivity contribution in [3.63, 3.8) is 0 Å². The topological polar surface area (TPSA) is 38.3 Å². The molecule has 1 unspecified atom stereocenters. The van der Waals surface area contributed by atoms with Crippen molar-refractivity contribution >= 4 is 18.4 Å². The summed E-state index contributed by atoms with van der Waals surface area (Å²) in [5.41, 5.74) is 0.824. The molecular formula is C15H22ClNO2. The summed E-state index contributed by atoms with van der Waals surface area (Å²) >= 11 is 0. The second kappa shape index (κ2) is 7.51. The van der Waals surface area contributed by atoms with Crippen LogP contribution in [0.3, 0.4) is 0 Å². The van der Waals surface area contributed by atoms with Crippen molar-refractivity contribution in [2.75, 3.05) is 19.7 Å². The Morgan fingerprint density at radius 3 is 2.68 bits per heavy atom. The summed E-state index contributed by atoms with van der Waals surface area (Å²) in [6.07, 6.45) is 2.71. The number of benzene rings is 1. The molecule has 0 aromatic heterocycles. The van der Waals surface area contributed by atoms with Crippen molar-refractivity contribution < 1.29 is 9.53 Å². The average molecular weight is 284 g/mol. The zero-order valence-electron chi connectivity index (χ0n) is 11.4. The van der Waals surface area contributed by atoms with Crippen LogP contribution in [0.15, 0.2) is 30.3 Å². The normalized spacial score (nSPS) is 22.4. The predicted octanol–water partition coefficient (Wildman–Crippen LogP) is 2.58. The number of carbonyl (C=O) groups excluding carboxylic acids is 1. The van der Waals surface area contributed by atoms with E-state index in [0.717, 1.165) is 32.4 Å². The fourth-order valence-corrected chi connectivity index (χ4v) is 2.64. The first-order valence-corrected chi connectivity index (χ1v) is 6.69. The highest BCUT2D eigenvalue weighted by molar-refractivity contribution is 5.85. The smallest absolute Gasteiger partial charge is 0.313 e. The van der Waals surface area contributed by atoms with Gasteiger partial charge in [0.25, 0.3) is 0 Å². The first kappa shape index (κ1) is 16.0. The molecule has 1 N–H and O–H groups in total. The molecule has 1 aliphatic rings. The Kier molecular flexibility index (Phi) is 6.32. The number of esters is 1. The van der Waals surface area contributed by atoms with Gasteiger partial charge in [-0.15, -0.1) is 12.4 Å². The van der Waals surface area contributed by atoms with E-state index in [-0.39, 0.29) is 23.8 Å². The lowest BCUT2D eigenvalue weighted by atomic mass is 9.76. The molecule has 19 heavy (non-hydrogen) atoms. The molecule has 106 valence electrons. The van der Waals surface area contributed by atoms with Crippen LogP contribution >= 0.6 is 12.4 Å². The molecule has 0 radical (unpaired) electrons. The molecule has 2 rings (SSSR count). The second-order valence-corrected chi connectivity index (χ2v) is 4.94. The number of ether oxygens (including phenoxy) is 1. The van der Waals surface area contributed by atoms with Crippen LogP contribution in [0.5, 0.6) is 0 Å². The van der Waals surface area contributed by atoms with E-state index in [4.69, 9.17) is 4.74 Å². The highest BCUT2D eigenvalue weighted by atomic mass is 35.5. The number of halogens is 1. The molecule has 0 bridgehead atoms. The number of nitrogens with one attached hydrogen (secondary N) is 1. The van der Waals surface area contributed by atoms with Gasteiger partial charge in [-0.1, -0.05) is 30.3 Å². The molecule has 0 saturated carbocycles. The van der Waals surface area contributed by atoms with Crippen LogP contribution in [0.25, 0.3) is 0 Å². The summed E-state index contributed by atoms with van der Waals surface area (Å²) in [6, 6.07) is 10.2. The van der Waals surface area contributed by atoms with Gasteiger partial charge in [-0.05, 0) is 38.3 Å². The van der Waals surface area contributed by atoms with E-state index < -0.39 is 0 Å². The lowest BCUT2D eigenvalue weighted by molar-refractivity contribution is -0.156. The maximum absolute atomic E-state index is 12.3. The summed E-state index contributed by atoms with van der Waals surface area (Å²) in [4.78, 5) is 12.3. The standard InChI is InChI=1S/C15H21NO2.ClH/c1-2-18-14(17)15(9-6-10-16-12-15)11-13-7-4-3-5-8-13;/h3-5,7-8,16H,2,6,9-12H2,1H3;1H. The molecule has 0 aliphatic carbocycles. The summed E-state index contributed by atoms with van der Waals surface area (Å²) in [7, 11) is 0. The van der Waals surface area contributed by atoms with Gasteiger partial charge in [-0.3, -0.25) is 4.79 Å². The maximum Gasteiger partial charge on any atom is 0.313 e. The van der Waals surface area contributed by atoms with Gasteiger partial charge in [0.15, 0.2) is 0 Å². The van der Waals surface area contributed by atoms with Crippen LogP contribution in [0.4, 0.5) is 0 Å². The zero-order chi connectivity index (χ0) is 12.8. The van der Waals surface area contributed by atoms with Crippen molar-refractivity contribution in [3.05, 3.63) is 35.9 Å². The average Bonchev–Trinajstić information content (AvgIpc) is 2.41. The molecule has 1 aromatic carbocycles. The van der Waals surface area contributed by atoms with Gasteiger partial charge in [0, 0.05) is 6.54 Å². The molecule has 1 aliphatic heterocycles. The van der Waals surface area contributed by atoms with Crippen LogP contribution in [-0.2, 0) is 16.0 Å². The minimum Gasteiger partial charge on any atom is -0.466 e. The van der Waals surface area contributed by atoms with Crippen LogP contribution in [-0.4, -0.2) is 25.7 Å². The second-order valence-electron chi connectivity index (χ2n) is 4.94. The molecule has 1 aromatic rings. The molecule has 4 heteroatoms. The lowest BCUT2D eigenvalue weighted by Gasteiger charge is -2.35. The van der Waals surface area contributed by atoms with Crippen molar-refractivity contribution in [2.45, 2.75) is 26.2 Å². The van der Waals surface area contributed by atoms with Crippen molar-refractivity contribution in [1.29, 1.82) is 0 Å². The molecule has 1 heterocycles. The van der Waals surface area contributed by atoms with Crippen molar-refractivity contribution in [2.24, 2.45) is 5.41 Å². The minimum atomic E-state index is -0.379. The van der Waals surface area contributed by atoms with Gasteiger partial charge in [0.1, 0.15) is 0 Å². The molecule has 1 atom stereocenters. The van der Waals surface area contributed by atoms with Gasteiger partial charge in [-0.2, -0.15) is 0 Å². The summed E-state index contributed by atoms with van der Waals surface area (Å²) in [5.74, 6) is -0.0546. The molecule has 3 nitrogen and oxygen atoms in total. The van der Waals surface area contributed by atoms with E-state index in [1.807, 2.05) is 25.1 Å². The van der Waals surface area contributed by atoms with Gasteiger partial charge in [-0.25, -0.2) is 0 Å². The number of hydrogen-bond acceptors (Lipinski definition) is 3. The Morgan fingerprint density at radius 2 is 2.11 bits per heavy atom. The van der Waals surface area contributed by atoms with Crippen molar-refractivity contribution in [1.82, 2.24) is 5.32 Å². The molecule has 1 fully saturated rings. The van der Waals surface area contributed by atoms with Gasteiger partial charge < -0.3 is 10.1 Å². The highest BCUT2D eigenvalue weighted by Crippen LogP contribution is 2.32. The van der Waals surface area contributed by atoms with E-state index >= 15 is 0 Å². The lowest BCUT2D eigenvalue weighted by Crippen LogP contribution is -2.47. The van der Waals surface area contributed by atoms with Crippen molar-refractivity contribution in [3.8, 4) is 0 Å². The van der Waals surface area contributed by atoms with Crippen LogP contribution in [0.1, 0.15) is 25.3 Å². The van der Waals surface area contributed by atoms with Gasteiger partial charge in [0.05, 0.1) is 12.0 Å². The zero-order valence-corrected chi connectivity index (χ0v) is 12.2. The largest absolute Gasteiger partial charge is 0.466 e.